The highest BCUT2D eigenvalue weighted by atomic mass is 17.0. The summed E-state index contributed by atoms with van der Waals surface area (Å²) in [4.78, 5) is 11.1. The maximum atomic E-state index is 5.48. The average molecular weight is 180 g/mol. The van der Waals surface area contributed by atoms with Gasteiger partial charge in [-0.05, 0) is 11.7 Å². The Balaban J connectivity index is 2.29. The van der Waals surface area contributed by atoms with Crippen LogP contribution in [-0.2, 0) is 9.68 Å². The number of quaternary nitrogens is 1. The zero-order valence-electron chi connectivity index (χ0n) is 7.99. The van der Waals surface area contributed by atoms with Crippen molar-refractivity contribution in [3.8, 4) is 0 Å². The highest BCUT2D eigenvalue weighted by Crippen LogP contribution is 2.25. The molecule has 13 heavy (non-hydrogen) atoms. The van der Waals surface area contributed by atoms with Crippen molar-refractivity contribution in [2.45, 2.75) is 6.92 Å². The van der Waals surface area contributed by atoms with Gasteiger partial charge in [0.25, 0.3) is 0 Å². The third-order valence-corrected chi connectivity index (χ3v) is 2.26. The van der Waals surface area contributed by atoms with Gasteiger partial charge in [-0.2, -0.15) is 9.68 Å². The number of hydroxylamine groups is 2. The number of hydrogen-bond donors (Lipinski definition) is 0. The van der Waals surface area contributed by atoms with Gasteiger partial charge < -0.3 is 0 Å². The first-order valence-corrected chi connectivity index (χ1v) is 4.43. The van der Waals surface area contributed by atoms with Crippen LogP contribution in [0.5, 0.6) is 0 Å². The van der Waals surface area contributed by atoms with E-state index in [-0.39, 0.29) is 4.81 Å². The minimum absolute atomic E-state index is 0.139. The van der Waals surface area contributed by atoms with E-state index in [2.05, 4.69) is 19.1 Å². The SMILES string of the molecule is Cc1ccc([N+]2(C)OCCO2)cc1. The van der Waals surface area contributed by atoms with Crippen LogP contribution in [0.3, 0.4) is 0 Å². The van der Waals surface area contributed by atoms with Gasteiger partial charge in [-0.1, -0.05) is 17.7 Å². The number of benzene rings is 1. The fourth-order valence-corrected chi connectivity index (χ4v) is 1.42. The molecule has 0 amide bonds. The van der Waals surface area contributed by atoms with E-state index in [9.17, 15) is 0 Å². The molecule has 0 N–H and O–H groups in total. The number of nitrogens with zero attached hydrogens (tertiary/aromatic N) is 1. The first-order valence-electron chi connectivity index (χ1n) is 4.43. The fourth-order valence-electron chi connectivity index (χ4n) is 1.42. The Labute approximate surface area is 78.0 Å². The molecule has 0 bridgehead atoms. The third kappa shape index (κ3) is 1.58. The Morgan fingerprint density at radius 1 is 1.08 bits per heavy atom. The summed E-state index contributed by atoms with van der Waals surface area (Å²) in [6.07, 6.45) is 0. The second-order valence-electron chi connectivity index (χ2n) is 3.35. The second-order valence-corrected chi connectivity index (χ2v) is 3.35. The summed E-state index contributed by atoms with van der Waals surface area (Å²) in [5.41, 5.74) is 2.28. The molecule has 1 aromatic rings. The monoisotopic (exact) mass is 180 g/mol. The fraction of sp³-hybridized carbons (Fsp3) is 0.400. The quantitative estimate of drug-likeness (QED) is 0.614. The van der Waals surface area contributed by atoms with Gasteiger partial charge in [-0.15, -0.1) is 0 Å². The van der Waals surface area contributed by atoms with Gasteiger partial charge in [0, 0.05) is 12.1 Å². The summed E-state index contributed by atoms with van der Waals surface area (Å²) in [7, 11) is 1.90. The predicted octanol–water partition coefficient (Wildman–Crippen LogP) is 1.81. The highest BCUT2D eigenvalue weighted by molar-refractivity contribution is 5.40. The first-order chi connectivity index (χ1) is 6.21. The van der Waals surface area contributed by atoms with Crippen molar-refractivity contribution in [3.63, 3.8) is 0 Å². The third-order valence-electron chi connectivity index (χ3n) is 2.26. The van der Waals surface area contributed by atoms with Crippen LogP contribution in [0, 0.1) is 6.92 Å². The number of hydrogen-bond acceptors (Lipinski definition) is 2. The molecule has 0 atom stereocenters. The Hall–Kier alpha value is -0.900. The lowest BCUT2D eigenvalue weighted by Gasteiger charge is -2.20. The Bertz CT molecular complexity index is 288. The van der Waals surface area contributed by atoms with Crippen LogP contribution < -0.4 is 4.81 Å². The maximum absolute atomic E-state index is 5.48. The largest absolute Gasteiger partial charge is 0.199 e. The van der Waals surface area contributed by atoms with Crippen molar-refractivity contribution < 1.29 is 9.68 Å². The van der Waals surface area contributed by atoms with Crippen LogP contribution in [0.25, 0.3) is 0 Å². The number of rotatable bonds is 1. The van der Waals surface area contributed by atoms with Crippen LogP contribution in [-0.4, -0.2) is 20.3 Å². The molecule has 70 valence electrons. The maximum Gasteiger partial charge on any atom is 0.199 e. The summed E-state index contributed by atoms with van der Waals surface area (Å²) < 4.78 is 0. The molecule has 1 aliphatic rings. The molecule has 0 radical (unpaired) electrons. The molecule has 3 nitrogen and oxygen atoms in total. The van der Waals surface area contributed by atoms with Gasteiger partial charge in [0.1, 0.15) is 20.3 Å². The van der Waals surface area contributed by atoms with E-state index < -0.39 is 0 Å². The van der Waals surface area contributed by atoms with Crippen LogP contribution in [0.1, 0.15) is 5.56 Å². The van der Waals surface area contributed by atoms with Crippen LogP contribution in [0.15, 0.2) is 24.3 Å². The van der Waals surface area contributed by atoms with Crippen molar-refractivity contribution >= 4 is 5.69 Å². The standard InChI is InChI=1S/C10H14NO2/c1-9-3-5-10(6-4-9)11(2)12-7-8-13-11/h3-6H,7-8H2,1-2H3/q+1. The van der Waals surface area contributed by atoms with Crippen molar-refractivity contribution in [3.05, 3.63) is 29.8 Å². The van der Waals surface area contributed by atoms with Gasteiger partial charge in [0.2, 0.25) is 0 Å². The summed E-state index contributed by atoms with van der Waals surface area (Å²) in [5, 5.41) is 0. The molecule has 3 heteroatoms. The summed E-state index contributed by atoms with van der Waals surface area (Å²) in [6.45, 7) is 3.38. The number of aryl methyl sites for hydroxylation is 1. The lowest BCUT2D eigenvalue weighted by Crippen LogP contribution is -2.38. The van der Waals surface area contributed by atoms with E-state index >= 15 is 0 Å². The minimum Gasteiger partial charge on any atom is -0.160 e. The molecule has 2 rings (SSSR count). The van der Waals surface area contributed by atoms with E-state index in [1.165, 1.54) is 5.56 Å². The van der Waals surface area contributed by atoms with Gasteiger partial charge >= 0.3 is 0 Å². The van der Waals surface area contributed by atoms with E-state index in [4.69, 9.17) is 9.68 Å². The Kier molecular flexibility index (Phi) is 2.07. The molecule has 1 aromatic carbocycles. The Morgan fingerprint density at radius 2 is 1.62 bits per heavy atom. The molecule has 0 aromatic heterocycles. The molecule has 1 aliphatic heterocycles. The molecular formula is C10H14NO2+. The van der Waals surface area contributed by atoms with Crippen molar-refractivity contribution in [1.29, 1.82) is 0 Å². The molecule has 0 spiro atoms. The first kappa shape index (κ1) is 8.69. The van der Waals surface area contributed by atoms with E-state index in [1.54, 1.807) is 0 Å². The topological polar surface area (TPSA) is 18.5 Å². The Morgan fingerprint density at radius 3 is 2.15 bits per heavy atom. The van der Waals surface area contributed by atoms with Crippen LogP contribution in [0.2, 0.25) is 0 Å². The zero-order chi connectivity index (χ0) is 9.31. The summed E-state index contributed by atoms with van der Waals surface area (Å²) in [5.74, 6) is 0. The smallest absolute Gasteiger partial charge is 0.160 e. The van der Waals surface area contributed by atoms with E-state index in [0.29, 0.717) is 13.2 Å². The molecule has 1 heterocycles. The molecule has 0 unspecified atom stereocenters. The summed E-state index contributed by atoms with van der Waals surface area (Å²) in [6, 6.07) is 8.18. The van der Waals surface area contributed by atoms with Gasteiger partial charge in [-0.25, -0.2) is 0 Å². The zero-order valence-corrected chi connectivity index (χ0v) is 7.99. The van der Waals surface area contributed by atoms with E-state index in [0.717, 1.165) is 5.69 Å². The van der Waals surface area contributed by atoms with Gasteiger partial charge in [0.05, 0.1) is 0 Å². The van der Waals surface area contributed by atoms with Crippen LogP contribution in [0.4, 0.5) is 5.69 Å². The molecule has 0 saturated carbocycles. The van der Waals surface area contributed by atoms with Gasteiger partial charge in [0.15, 0.2) is 5.69 Å². The van der Waals surface area contributed by atoms with E-state index in [1.807, 2.05) is 19.2 Å². The van der Waals surface area contributed by atoms with Crippen LogP contribution >= 0.6 is 0 Å². The van der Waals surface area contributed by atoms with Gasteiger partial charge in [-0.3, -0.25) is 0 Å². The molecule has 1 fully saturated rings. The van der Waals surface area contributed by atoms with Crippen molar-refractivity contribution in [2.75, 3.05) is 20.3 Å². The second kappa shape index (κ2) is 3.10. The normalized spacial score (nSPS) is 20.5. The molecule has 0 aliphatic carbocycles. The lowest BCUT2D eigenvalue weighted by atomic mass is 10.2. The average Bonchev–Trinajstić information content (AvgIpc) is 2.54. The lowest BCUT2D eigenvalue weighted by molar-refractivity contribution is -0.265. The molecular weight excluding hydrogens is 166 g/mol. The van der Waals surface area contributed by atoms with Crippen molar-refractivity contribution in [2.24, 2.45) is 0 Å². The highest BCUT2D eigenvalue weighted by Gasteiger charge is 2.34. The van der Waals surface area contributed by atoms with Crippen molar-refractivity contribution in [1.82, 2.24) is 4.81 Å². The summed E-state index contributed by atoms with van der Waals surface area (Å²) >= 11 is 0. The predicted molar refractivity (Wildman–Crippen MR) is 50.8 cm³/mol. The minimum atomic E-state index is 0.139. The molecule has 1 saturated heterocycles.